The summed E-state index contributed by atoms with van der Waals surface area (Å²) >= 11 is 11.9. The number of halogens is 2. The zero-order chi connectivity index (χ0) is 15.4. The van der Waals surface area contributed by atoms with E-state index >= 15 is 0 Å². The summed E-state index contributed by atoms with van der Waals surface area (Å²) in [5, 5.41) is 11.9. The van der Waals surface area contributed by atoms with E-state index < -0.39 is 5.97 Å². The van der Waals surface area contributed by atoms with Gasteiger partial charge in [0.15, 0.2) is 0 Å². The first kappa shape index (κ1) is 16.1. The van der Waals surface area contributed by atoms with E-state index in [0.29, 0.717) is 10.0 Å². The Morgan fingerprint density at radius 1 is 1.33 bits per heavy atom. The van der Waals surface area contributed by atoms with Crippen molar-refractivity contribution in [1.29, 1.82) is 0 Å². The Bertz CT molecular complexity index is 551. The van der Waals surface area contributed by atoms with E-state index in [1.165, 1.54) is 0 Å². The number of amides is 1. The van der Waals surface area contributed by atoms with Crippen LogP contribution in [-0.2, 0) is 9.59 Å². The standard InChI is InChI=1S/C14H16Cl2N2O3/c15-10-4-3-9(6-11(10)16)12-2-1-5-18(12)8-13(19)17-7-14(20)21/h3-4,6,12H,1-2,5,7-8H2,(H,17,19)(H,20,21). The molecule has 1 aromatic carbocycles. The third-order valence-corrected chi connectivity index (χ3v) is 4.21. The van der Waals surface area contributed by atoms with Crippen LogP contribution in [-0.4, -0.2) is 41.5 Å². The quantitative estimate of drug-likeness (QED) is 0.869. The molecular weight excluding hydrogens is 315 g/mol. The lowest BCUT2D eigenvalue weighted by atomic mass is 10.0. The van der Waals surface area contributed by atoms with E-state index in [4.69, 9.17) is 28.3 Å². The highest BCUT2D eigenvalue weighted by atomic mass is 35.5. The van der Waals surface area contributed by atoms with Gasteiger partial charge in [0, 0.05) is 6.04 Å². The number of carbonyl (C=O) groups is 2. The molecule has 0 radical (unpaired) electrons. The maximum atomic E-state index is 11.7. The smallest absolute Gasteiger partial charge is 0.322 e. The van der Waals surface area contributed by atoms with Crippen molar-refractivity contribution in [3.05, 3.63) is 33.8 Å². The van der Waals surface area contributed by atoms with E-state index in [1.54, 1.807) is 6.07 Å². The molecule has 1 fully saturated rings. The van der Waals surface area contributed by atoms with Crippen LogP contribution in [0.25, 0.3) is 0 Å². The van der Waals surface area contributed by atoms with Gasteiger partial charge in [-0.05, 0) is 37.1 Å². The molecule has 1 atom stereocenters. The topological polar surface area (TPSA) is 69.6 Å². The number of hydrogen-bond acceptors (Lipinski definition) is 3. The highest BCUT2D eigenvalue weighted by Crippen LogP contribution is 2.34. The molecule has 1 amide bonds. The number of likely N-dealkylation sites (tertiary alicyclic amines) is 1. The van der Waals surface area contributed by atoms with Crippen molar-refractivity contribution >= 4 is 35.1 Å². The molecule has 0 spiro atoms. The predicted molar refractivity (Wildman–Crippen MR) is 80.7 cm³/mol. The third-order valence-electron chi connectivity index (χ3n) is 3.48. The zero-order valence-electron chi connectivity index (χ0n) is 11.3. The monoisotopic (exact) mass is 330 g/mol. The molecule has 1 saturated heterocycles. The van der Waals surface area contributed by atoms with E-state index in [0.717, 1.165) is 24.9 Å². The molecule has 21 heavy (non-hydrogen) atoms. The molecule has 1 heterocycles. The second-order valence-electron chi connectivity index (χ2n) is 4.97. The fourth-order valence-corrected chi connectivity index (χ4v) is 2.83. The summed E-state index contributed by atoms with van der Waals surface area (Å²) in [6, 6.07) is 5.59. The number of carboxylic acids is 1. The molecular formula is C14H16Cl2N2O3. The minimum Gasteiger partial charge on any atom is -0.480 e. The van der Waals surface area contributed by atoms with Gasteiger partial charge in [-0.3, -0.25) is 14.5 Å². The molecule has 7 heteroatoms. The molecule has 2 N–H and O–H groups in total. The van der Waals surface area contributed by atoms with Crippen LogP contribution in [0.2, 0.25) is 10.0 Å². The Labute approximate surface area is 132 Å². The van der Waals surface area contributed by atoms with Gasteiger partial charge in [-0.2, -0.15) is 0 Å². The van der Waals surface area contributed by atoms with Crippen LogP contribution >= 0.6 is 23.2 Å². The second-order valence-corrected chi connectivity index (χ2v) is 5.79. The molecule has 5 nitrogen and oxygen atoms in total. The summed E-state index contributed by atoms with van der Waals surface area (Å²) in [6.07, 6.45) is 1.92. The molecule has 114 valence electrons. The van der Waals surface area contributed by atoms with Gasteiger partial charge in [-0.25, -0.2) is 0 Å². The van der Waals surface area contributed by atoms with Crippen molar-refractivity contribution < 1.29 is 14.7 Å². The van der Waals surface area contributed by atoms with Gasteiger partial charge in [-0.15, -0.1) is 0 Å². The molecule has 0 bridgehead atoms. The SMILES string of the molecule is O=C(O)CNC(=O)CN1CCCC1c1ccc(Cl)c(Cl)c1. The zero-order valence-corrected chi connectivity index (χ0v) is 12.8. The van der Waals surface area contributed by atoms with E-state index in [-0.39, 0.29) is 25.0 Å². The van der Waals surface area contributed by atoms with Crippen LogP contribution < -0.4 is 5.32 Å². The minimum absolute atomic E-state index is 0.107. The van der Waals surface area contributed by atoms with Gasteiger partial charge in [0.1, 0.15) is 6.54 Å². The highest BCUT2D eigenvalue weighted by Gasteiger charge is 2.27. The summed E-state index contributed by atoms with van der Waals surface area (Å²) in [6.45, 7) is 0.619. The fraction of sp³-hybridized carbons (Fsp3) is 0.429. The van der Waals surface area contributed by atoms with E-state index in [2.05, 4.69) is 5.32 Å². The van der Waals surface area contributed by atoms with Crippen LogP contribution in [0.1, 0.15) is 24.4 Å². The molecule has 1 aromatic rings. The Balaban J connectivity index is 2.01. The normalized spacial score (nSPS) is 18.7. The van der Waals surface area contributed by atoms with Crippen molar-refractivity contribution in [3.8, 4) is 0 Å². The first-order chi connectivity index (χ1) is 9.97. The molecule has 2 rings (SSSR count). The van der Waals surface area contributed by atoms with Crippen LogP contribution in [0.4, 0.5) is 0 Å². The molecule has 0 aromatic heterocycles. The molecule has 0 aliphatic carbocycles. The van der Waals surface area contributed by atoms with Gasteiger partial charge in [0.25, 0.3) is 0 Å². The lowest BCUT2D eigenvalue weighted by Crippen LogP contribution is -2.39. The first-order valence-corrected chi connectivity index (χ1v) is 7.40. The second kappa shape index (κ2) is 7.11. The average molecular weight is 331 g/mol. The number of aliphatic carboxylic acids is 1. The maximum Gasteiger partial charge on any atom is 0.322 e. The maximum absolute atomic E-state index is 11.7. The van der Waals surface area contributed by atoms with E-state index in [9.17, 15) is 9.59 Å². The number of carbonyl (C=O) groups excluding carboxylic acids is 1. The largest absolute Gasteiger partial charge is 0.480 e. The van der Waals surface area contributed by atoms with Crippen molar-refractivity contribution in [1.82, 2.24) is 10.2 Å². The van der Waals surface area contributed by atoms with Crippen molar-refractivity contribution in [2.24, 2.45) is 0 Å². The summed E-state index contributed by atoms with van der Waals surface area (Å²) in [5.74, 6) is -1.34. The van der Waals surface area contributed by atoms with Crippen molar-refractivity contribution in [3.63, 3.8) is 0 Å². The summed E-state index contributed by atoms with van der Waals surface area (Å²) in [7, 11) is 0. The number of nitrogens with one attached hydrogen (secondary N) is 1. The first-order valence-electron chi connectivity index (χ1n) is 6.65. The Morgan fingerprint density at radius 2 is 2.10 bits per heavy atom. The lowest BCUT2D eigenvalue weighted by Gasteiger charge is -2.24. The van der Waals surface area contributed by atoms with Crippen molar-refractivity contribution in [2.45, 2.75) is 18.9 Å². The number of rotatable bonds is 5. The molecule has 1 aliphatic heterocycles. The Hall–Kier alpha value is -1.30. The van der Waals surface area contributed by atoms with Gasteiger partial charge < -0.3 is 10.4 Å². The summed E-state index contributed by atoms with van der Waals surface area (Å²) < 4.78 is 0. The predicted octanol–water partition coefficient (Wildman–Crippen LogP) is 2.33. The van der Waals surface area contributed by atoms with Crippen LogP contribution in [0.3, 0.4) is 0 Å². The van der Waals surface area contributed by atoms with Crippen LogP contribution in [0.5, 0.6) is 0 Å². The Kier molecular flexibility index (Phi) is 5.45. The van der Waals surface area contributed by atoms with Gasteiger partial charge in [0.2, 0.25) is 5.91 Å². The van der Waals surface area contributed by atoms with Gasteiger partial charge in [0.05, 0.1) is 16.6 Å². The number of hydrogen-bond donors (Lipinski definition) is 2. The average Bonchev–Trinajstić information content (AvgIpc) is 2.87. The number of benzene rings is 1. The summed E-state index contributed by atoms with van der Waals surface area (Å²) in [5.41, 5.74) is 1.02. The Morgan fingerprint density at radius 3 is 2.76 bits per heavy atom. The molecule has 1 unspecified atom stereocenters. The van der Waals surface area contributed by atoms with E-state index in [1.807, 2.05) is 17.0 Å². The number of carboxylic acid groups (broad SMARTS) is 1. The summed E-state index contributed by atoms with van der Waals surface area (Å²) in [4.78, 5) is 24.2. The van der Waals surface area contributed by atoms with Crippen molar-refractivity contribution in [2.75, 3.05) is 19.6 Å². The molecule has 0 saturated carbocycles. The minimum atomic E-state index is -1.05. The molecule has 1 aliphatic rings. The lowest BCUT2D eigenvalue weighted by molar-refractivity contribution is -0.138. The third kappa shape index (κ3) is 4.33. The van der Waals surface area contributed by atoms with Gasteiger partial charge >= 0.3 is 5.97 Å². The highest BCUT2D eigenvalue weighted by molar-refractivity contribution is 6.42. The fourth-order valence-electron chi connectivity index (χ4n) is 2.53. The van der Waals surface area contributed by atoms with Gasteiger partial charge in [-0.1, -0.05) is 29.3 Å². The van der Waals surface area contributed by atoms with Crippen LogP contribution in [0, 0.1) is 0 Å². The van der Waals surface area contributed by atoms with Crippen LogP contribution in [0.15, 0.2) is 18.2 Å². The number of nitrogens with zero attached hydrogens (tertiary/aromatic N) is 1.